The quantitative estimate of drug-likeness (QED) is 0.173. The van der Waals surface area contributed by atoms with Crippen molar-refractivity contribution in [2.45, 2.75) is 36.2 Å². The fraction of sp³-hybridized carbons (Fsp3) is 0.206. The van der Waals surface area contributed by atoms with Crippen LogP contribution in [0.4, 0.5) is 14.9 Å². The number of carbonyl (C=O) groups excluding carboxylic acids is 2. The molecule has 4 unspecified atom stereocenters. The van der Waals surface area contributed by atoms with Gasteiger partial charge >= 0.3 is 12.0 Å². The van der Waals surface area contributed by atoms with Gasteiger partial charge in [-0.25, -0.2) is 14.0 Å². The van der Waals surface area contributed by atoms with E-state index in [0.717, 1.165) is 10.5 Å². The number of likely N-dealkylation sites (tertiary alicyclic amines) is 1. The maximum absolute atomic E-state index is 14.6. The molecule has 6 nitrogen and oxygen atoms in total. The lowest BCUT2D eigenvalue weighted by Crippen LogP contribution is -2.55. The van der Waals surface area contributed by atoms with Gasteiger partial charge in [-0.1, -0.05) is 72.3 Å². The largest absolute Gasteiger partial charge is 0.479 e. The minimum Gasteiger partial charge on any atom is -0.479 e. The third-order valence-corrected chi connectivity index (χ3v) is 8.83. The smallest absolute Gasteiger partial charge is 0.330 e. The number of benzene rings is 4. The van der Waals surface area contributed by atoms with Crippen molar-refractivity contribution in [1.29, 1.82) is 0 Å². The number of amides is 2. The summed E-state index contributed by atoms with van der Waals surface area (Å²) in [4.78, 5) is 44.4. The number of aliphatic carboxylic acids is 1. The highest BCUT2D eigenvalue weighted by atomic mass is 32.2. The normalized spacial score (nSPS) is 21.6. The van der Waals surface area contributed by atoms with Gasteiger partial charge in [-0.05, 0) is 67.6 Å². The lowest BCUT2D eigenvalue weighted by atomic mass is 9.71. The molecule has 0 aromatic heterocycles. The maximum atomic E-state index is 14.6. The van der Waals surface area contributed by atoms with Crippen LogP contribution in [0.2, 0.25) is 0 Å². The second-order valence-corrected chi connectivity index (χ2v) is 11.5. The van der Waals surface area contributed by atoms with Gasteiger partial charge < -0.3 is 10.4 Å². The summed E-state index contributed by atoms with van der Waals surface area (Å²) >= 11 is 1.55. The van der Waals surface area contributed by atoms with Crippen molar-refractivity contribution in [3.63, 3.8) is 0 Å². The molecule has 1 saturated heterocycles. The summed E-state index contributed by atoms with van der Waals surface area (Å²) in [5.41, 5.74) is 1.16. The molecule has 4 aromatic rings. The van der Waals surface area contributed by atoms with Crippen molar-refractivity contribution in [2.24, 2.45) is 5.92 Å². The average molecular weight is 583 g/mol. The highest BCUT2D eigenvalue weighted by molar-refractivity contribution is 7.98. The molecule has 2 amide bonds. The zero-order chi connectivity index (χ0) is 30.0. The summed E-state index contributed by atoms with van der Waals surface area (Å²) < 4.78 is 13.6. The number of carboxylic acid groups (broad SMARTS) is 1. The number of Topliss-reactive ketones (excluding diaryl/α,β-unsaturated/α-hetero) is 1. The Kier molecular flexibility index (Phi) is 8.18. The third-order valence-electron chi connectivity index (χ3n) is 8.09. The van der Waals surface area contributed by atoms with Gasteiger partial charge in [-0.2, -0.15) is 0 Å². The number of nitrogens with one attached hydrogen (secondary N) is 1. The zero-order valence-electron chi connectivity index (χ0n) is 23.5. The highest BCUT2D eigenvalue weighted by Gasteiger charge is 2.65. The van der Waals surface area contributed by atoms with E-state index in [1.807, 2.05) is 55.6 Å². The van der Waals surface area contributed by atoms with Crippen LogP contribution in [-0.2, 0) is 4.79 Å². The second kappa shape index (κ2) is 11.8. The van der Waals surface area contributed by atoms with Crippen molar-refractivity contribution in [1.82, 2.24) is 4.90 Å². The number of anilines is 1. The van der Waals surface area contributed by atoms with Crippen molar-refractivity contribution in [3.8, 4) is 0 Å². The molecule has 1 aliphatic rings. The van der Waals surface area contributed by atoms with Gasteiger partial charge in [0.25, 0.3) is 0 Å². The minimum absolute atomic E-state index is 0.258. The van der Waals surface area contributed by atoms with Crippen LogP contribution >= 0.6 is 11.8 Å². The van der Waals surface area contributed by atoms with E-state index < -0.39 is 41.2 Å². The van der Waals surface area contributed by atoms with E-state index in [1.165, 1.54) is 36.1 Å². The van der Waals surface area contributed by atoms with Crippen LogP contribution in [0.25, 0.3) is 0 Å². The van der Waals surface area contributed by atoms with Gasteiger partial charge in [-0.15, -0.1) is 11.8 Å². The van der Waals surface area contributed by atoms with Crippen LogP contribution in [0, 0.1) is 18.7 Å². The van der Waals surface area contributed by atoms with E-state index in [-0.39, 0.29) is 5.78 Å². The SMILES string of the molecule is CSc1ccc(C(=O)C2C(c3ccc(C)cc3)N(C(=O)Nc3ccc(F)cc3)C(C)(C(=O)O)C2c2ccccc2)cc1. The van der Waals surface area contributed by atoms with Gasteiger partial charge in [0.15, 0.2) is 5.78 Å². The number of ketones is 1. The van der Waals surface area contributed by atoms with Crippen LogP contribution in [0.1, 0.15) is 45.9 Å². The number of rotatable bonds is 7. The maximum Gasteiger partial charge on any atom is 0.330 e. The van der Waals surface area contributed by atoms with Gasteiger partial charge in [0.1, 0.15) is 11.4 Å². The number of urea groups is 1. The molecule has 0 saturated carbocycles. The second-order valence-electron chi connectivity index (χ2n) is 10.6. The highest BCUT2D eigenvalue weighted by Crippen LogP contribution is 2.56. The van der Waals surface area contributed by atoms with Gasteiger partial charge in [0, 0.05) is 22.1 Å². The lowest BCUT2D eigenvalue weighted by molar-refractivity contribution is -0.148. The molecule has 1 heterocycles. The Morgan fingerprint density at radius 3 is 2.05 bits per heavy atom. The molecule has 1 fully saturated rings. The van der Waals surface area contributed by atoms with E-state index >= 15 is 0 Å². The van der Waals surface area contributed by atoms with E-state index in [9.17, 15) is 23.9 Å². The lowest BCUT2D eigenvalue weighted by Gasteiger charge is -2.37. The monoisotopic (exact) mass is 582 g/mol. The van der Waals surface area contributed by atoms with Crippen molar-refractivity contribution < 1.29 is 23.9 Å². The van der Waals surface area contributed by atoms with Crippen molar-refractivity contribution in [3.05, 3.63) is 131 Å². The molecular formula is C34H31FN2O4S. The number of carbonyl (C=O) groups is 3. The van der Waals surface area contributed by atoms with E-state index in [0.29, 0.717) is 22.4 Å². The van der Waals surface area contributed by atoms with E-state index in [2.05, 4.69) is 5.32 Å². The molecule has 214 valence electrons. The van der Waals surface area contributed by atoms with Crippen LogP contribution in [0.5, 0.6) is 0 Å². The minimum atomic E-state index is -1.83. The number of halogens is 1. The number of nitrogens with zero attached hydrogens (tertiary/aromatic N) is 1. The van der Waals surface area contributed by atoms with Crippen molar-refractivity contribution in [2.75, 3.05) is 11.6 Å². The fourth-order valence-corrected chi connectivity index (χ4v) is 6.38. The van der Waals surface area contributed by atoms with Gasteiger partial charge in [0.05, 0.1) is 12.0 Å². The number of hydrogen-bond donors (Lipinski definition) is 2. The molecule has 8 heteroatoms. The van der Waals surface area contributed by atoms with Crippen molar-refractivity contribution >= 4 is 35.2 Å². The van der Waals surface area contributed by atoms with Crippen LogP contribution < -0.4 is 5.32 Å². The van der Waals surface area contributed by atoms with Crippen LogP contribution in [0.15, 0.2) is 108 Å². The number of carboxylic acids is 1. The summed E-state index contributed by atoms with van der Waals surface area (Å²) in [5.74, 6) is -3.80. The number of thioether (sulfide) groups is 1. The van der Waals surface area contributed by atoms with Crippen LogP contribution in [-0.4, -0.2) is 39.6 Å². The molecule has 4 atom stereocenters. The van der Waals surface area contributed by atoms with E-state index in [4.69, 9.17) is 0 Å². The van der Waals surface area contributed by atoms with Crippen LogP contribution in [0.3, 0.4) is 0 Å². The first-order chi connectivity index (χ1) is 20.1. The molecule has 2 N–H and O–H groups in total. The predicted octanol–water partition coefficient (Wildman–Crippen LogP) is 7.57. The third kappa shape index (κ3) is 5.30. The predicted molar refractivity (Wildman–Crippen MR) is 162 cm³/mol. The summed E-state index contributed by atoms with van der Waals surface area (Å²) in [7, 11) is 0. The first-order valence-corrected chi connectivity index (χ1v) is 14.8. The Morgan fingerprint density at radius 1 is 0.857 bits per heavy atom. The topological polar surface area (TPSA) is 86.7 Å². The average Bonchev–Trinajstić information content (AvgIpc) is 3.29. The Hall–Kier alpha value is -4.43. The molecule has 0 radical (unpaired) electrons. The Labute approximate surface area is 248 Å². The number of aryl methyl sites for hydroxylation is 1. The first-order valence-electron chi connectivity index (χ1n) is 13.5. The summed E-state index contributed by atoms with van der Waals surface area (Å²) in [6.07, 6.45) is 1.95. The molecule has 42 heavy (non-hydrogen) atoms. The zero-order valence-corrected chi connectivity index (χ0v) is 24.3. The fourth-order valence-electron chi connectivity index (χ4n) is 5.98. The number of hydrogen-bond acceptors (Lipinski definition) is 4. The molecule has 1 aliphatic heterocycles. The molecule has 5 rings (SSSR count). The molecule has 0 bridgehead atoms. The summed E-state index contributed by atoms with van der Waals surface area (Å²) in [5, 5.41) is 13.6. The van der Waals surface area contributed by atoms with Gasteiger partial charge in [0.2, 0.25) is 0 Å². The Bertz CT molecular complexity index is 1590. The summed E-state index contributed by atoms with van der Waals surface area (Å²) in [6, 6.07) is 27.3. The standard InChI is InChI=1S/C34H31FN2O4S/c1-21-9-11-23(12-10-21)30-28(31(38)24-13-19-27(42-3)20-14-24)29(22-7-5-4-6-8-22)34(2,32(39)40)37(30)33(41)36-26-17-15-25(35)16-18-26/h4-20,28-30H,1-3H3,(H,36,41)(H,39,40). The van der Waals surface area contributed by atoms with E-state index in [1.54, 1.807) is 48.2 Å². The molecular weight excluding hydrogens is 551 g/mol. The molecule has 0 aliphatic carbocycles. The molecule has 0 spiro atoms. The Morgan fingerprint density at radius 2 is 1.48 bits per heavy atom. The first kappa shape index (κ1) is 29.1. The molecule has 4 aromatic carbocycles. The Balaban J connectivity index is 1.74. The van der Waals surface area contributed by atoms with Gasteiger partial charge in [-0.3, -0.25) is 9.69 Å². The summed E-state index contributed by atoms with van der Waals surface area (Å²) in [6.45, 7) is 3.43.